The minimum absolute atomic E-state index is 0.0470. The van der Waals surface area contributed by atoms with Crippen LogP contribution in [0.5, 0.6) is 0 Å². The molecule has 1 atom stereocenters. The molecule has 2 aromatic rings. The quantitative estimate of drug-likeness (QED) is 0.796. The van der Waals surface area contributed by atoms with E-state index in [1.165, 1.54) is 0 Å². The van der Waals surface area contributed by atoms with Gasteiger partial charge in [-0.1, -0.05) is 59.1 Å². The number of benzene rings is 2. The SMILES string of the molecule is CC(NCC(=O)Nc1cccc(Cl)c1Cl)c1ccccc1Cl. The van der Waals surface area contributed by atoms with E-state index in [0.29, 0.717) is 20.8 Å². The van der Waals surface area contributed by atoms with Crippen LogP contribution >= 0.6 is 34.8 Å². The Bertz CT molecular complexity index is 676. The summed E-state index contributed by atoms with van der Waals surface area (Å²) in [4.78, 5) is 12.0. The molecule has 22 heavy (non-hydrogen) atoms. The first-order valence-corrected chi connectivity index (χ1v) is 7.84. The smallest absolute Gasteiger partial charge is 0.238 e. The third-order valence-electron chi connectivity index (χ3n) is 3.17. The van der Waals surface area contributed by atoms with Crippen LogP contribution in [0.1, 0.15) is 18.5 Å². The zero-order valence-electron chi connectivity index (χ0n) is 11.9. The molecule has 0 aliphatic heterocycles. The predicted molar refractivity (Wildman–Crippen MR) is 93.0 cm³/mol. The number of halogens is 3. The van der Waals surface area contributed by atoms with Gasteiger partial charge in [-0.15, -0.1) is 0 Å². The summed E-state index contributed by atoms with van der Waals surface area (Å²) in [6.45, 7) is 2.08. The van der Waals surface area contributed by atoms with Crippen molar-refractivity contribution in [2.24, 2.45) is 0 Å². The molecule has 1 amide bonds. The van der Waals surface area contributed by atoms with E-state index < -0.39 is 0 Å². The summed E-state index contributed by atoms with van der Waals surface area (Å²) in [5, 5.41) is 7.24. The van der Waals surface area contributed by atoms with Crippen molar-refractivity contribution < 1.29 is 4.79 Å². The summed E-state index contributed by atoms with van der Waals surface area (Å²) in [5.74, 6) is -0.205. The van der Waals surface area contributed by atoms with E-state index in [-0.39, 0.29) is 18.5 Å². The molecule has 0 heterocycles. The van der Waals surface area contributed by atoms with Gasteiger partial charge in [0.15, 0.2) is 0 Å². The van der Waals surface area contributed by atoms with Crippen molar-refractivity contribution in [3.8, 4) is 0 Å². The summed E-state index contributed by atoms with van der Waals surface area (Å²) in [6.07, 6.45) is 0. The molecule has 0 bridgehead atoms. The molecule has 0 aliphatic carbocycles. The number of rotatable bonds is 5. The Hall–Kier alpha value is -1.26. The van der Waals surface area contributed by atoms with Crippen molar-refractivity contribution in [1.82, 2.24) is 5.32 Å². The van der Waals surface area contributed by atoms with E-state index in [1.54, 1.807) is 18.2 Å². The highest BCUT2D eigenvalue weighted by Crippen LogP contribution is 2.29. The summed E-state index contributed by atoms with van der Waals surface area (Å²) in [6, 6.07) is 12.6. The van der Waals surface area contributed by atoms with Gasteiger partial charge in [0.2, 0.25) is 5.91 Å². The Labute approximate surface area is 144 Å². The van der Waals surface area contributed by atoms with Gasteiger partial charge in [-0.05, 0) is 30.7 Å². The lowest BCUT2D eigenvalue weighted by molar-refractivity contribution is -0.115. The first kappa shape index (κ1) is 17.1. The summed E-state index contributed by atoms with van der Waals surface area (Å²) in [7, 11) is 0. The largest absolute Gasteiger partial charge is 0.324 e. The van der Waals surface area contributed by atoms with E-state index in [1.807, 2.05) is 31.2 Å². The molecule has 0 saturated heterocycles. The number of hydrogen-bond acceptors (Lipinski definition) is 2. The number of anilines is 1. The molecule has 0 fully saturated rings. The van der Waals surface area contributed by atoms with Crippen molar-refractivity contribution in [3.63, 3.8) is 0 Å². The fourth-order valence-corrected chi connectivity index (χ4v) is 2.62. The number of carbonyl (C=O) groups excluding carboxylic acids is 1. The molecular weight excluding hydrogens is 343 g/mol. The number of hydrogen-bond donors (Lipinski definition) is 2. The second-order valence-electron chi connectivity index (χ2n) is 4.77. The summed E-state index contributed by atoms with van der Waals surface area (Å²) < 4.78 is 0. The lowest BCUT2D eigenvalue weighted by Gasteiger charge is -2.15. The van der Waals surface area contributed by atoms with Gasteiger partial charge in [-0.25, -0.2) is 0 Å². The topological polar surface area (TPSA) is 41.1 Å². The van der Waals surface area contributed by atoms with Crippen molar-refractivity contribution in [3.05, 3.63) is 63.1 Å². The van der Waals surface area contributed by atoms with Crippen molar-refractivity contribution in [2.45, 2.75) is 13.0 Å². The third kappa shape index (κ3) is 4.37. The van der Waals surface area contributed by atoms with Gasteiger partial charge in [-0.3, -0.25) is 4.79 Å². The van der Waals surface area contributed by atoms with Gasteiger partial charge in [0.25, 0.3) is 0 Å². The Morgan fingerprint density at radius 2 is 1.73 bits per heavy atom. The normalized spacial score (nSPS) is 12.0. The van der Waals surface area contributed by atoms with Crippen LogP contribution in [-0.4, -0.2) is 12.5 Å². The van der Waals surface area contributed by atoms with Crippen LogP contribution < -0.4 is 10.6 Å². The number of nitrogens with one attached hydrogen (secondary N) is 2. The molecule has 2 aromatic carbocycles. The average Bonchev–Trinajstić information content (AvgIpc) is 2.50. The van der Waals surface area contributed by atoms with E-state index >= 15 is 0 Å². The molecule has 2 N–H and O–H groups in total. The second kappa shape index (κ2) is 7.84. The van der Waals surface area contributed by atoms with Gasteiger partial charge in [0, 0.05) is 11.1 Å². The fraction of sp³-hybridized carbons (Fsp3) is 0.188. The van der Waals surface area contributed by atoms with Gasteiger partial charge < -0.3 is 10.6 Å². The predicted octanol–water partition coefficient (Wildman–Crippen LogP) is 4.94. The number of carbonyl (C=O) groups is 1. The van der Waals surface area contributed by atoms with E-state index in [9.17, 15) is 4.79 Å². The van der Waals surface area contributed by atoms with Gasteiger partial charge in [0.05, 0.1) is 22.3 Å². The average molecular weight is 358 g/mol. The molecule has 2 rings (SSSR count). The lowest BCUT2D eigenvalue weighted by atomic mass is 10.1. The number of amides is 1. The van der Waals surface area contributed by atoms with Crippen molar-refractivity contribution in [2.75, 3.05) is 11.9 Å². The Morgan fingerprint density at radius 1 is 1.05 bits per heavy atom. The molecule has 0 radical (unpaired) electrons. The maximum absolute atomic E-state index is 12.0. The minimum Gasteiger partial charge on any atom is -0.324 e. The summed E-state index contributed by atoms with van der Waals surface area (Å²) >= 11 is 18.1. The fourth-order valence-electron chi connectivity index (χ4n) is 1.98. The van der Waals surface area contributed by atoms with Crippen LogP contribution in [0.3, 0.4) is 0 Å². The maximum atomic E-state index is 12.0. The molecule has 0 saturated carbocycles. The van der Waals surface area contributed by atoms with Gasteiger partial charge in [0.1, 0.15) is 0 Å². The van der Waals surface area contributed by atoms with Crippen LogP contribution in [0.4, 0.5) is 5.69 Å². The minimum atomic E-state index is -0.205. The maximum Gasteiger partial charge on any atom is 0.238 e. The van der Waals surface area contributed by atoms with Crippen LogP contribution in [0, 0.1) is 0 Å². The van der Waals surface area contributed by atoms with Crippen LogP contribution in [0.25, 0.3) is 0 Å². The van der Waals surface area contributed by atoms with Crippen molar-refractivity contribution in [1.29, 1.82) is 0 Å². The molecule has 6 heteroatoms. The molecule has 116 valence electrons. The zero-order valence-corrected chi connectivity index (χ0v) is 14.1. The highest BCUT2D eigenvalue weighted by Gasteiger charge is 2.12. The zero-order chi connectivity index (χ0) is 16.1. The Kier molecular flexibility index (Phi) is 6.09. The van der Waals surface area contributed by atoms with Crippen molar-refractivity contribution >= 4 is 46.4 Å². The van der Waals surface area contributed by atoms with E-state index in [4.69, 9.17) is 34.8 Å². The van der Waals surface area contributed by atoms with Crippen LogP contribution in [-0.2, 0) is 4.79 Å². The van der Waals surface area contributed by atoms with Gasteiger partial charge in [-0.2, -0.15) is 0 Å². The Balaban J connectivity index is 1.93. The first-order valence-electron chi connectivity index (χ1n) is 6.70. The Morgan fingerprint density at radius 3 is 2.45 bits per heavy atom. The monoisotopic (exact) mass is 356 g/mol. The van der Waals surface area contributed by atoms with E-state index in [0.717, 1.165) is 5.56 Å². The lowest BCUT2D eigenvalue weighted by Crippen LogP contribution is -2.30. The molecule has 0 spiro atoms. The van der Waals surface area contributed by atoms with Gasteiger partial charge >= 0.3 is 0 Å². The molecular formula is C16H15Cl3N2O. The molecule has 0 aliphatic rings. The van der Waals surface area contributed by atoms with E-state index in [2.05, 4.69) is 10.6 Å². The first-order chi connectivity index (χ1) is 10.5. The second-order valence-corrected chi connectivity index (χ2v) is 5.97. The highest BCUT2D eigenvalue weighted by molar-refractivity contribution is 6.44. The summed E-state index contributed by atoms with van der Waals surface area (Å²) in [5.41, 5.74) is 1.43. The molecule has 3 nitrogen and oxygen atoms in total. The van der Waals surface area contributed by atoms with Crippen LogP contribution in [0.2, 0.25) is 15.1 Å². The standard InChI is InChI=1S/C16H15Cl3N2O/c1-10(11-5-2-3-6-12(11)17)20-9-15(22)21-14-8-4-7-13(18)16(14)19/h2-8,10,20H,9H2,1H3,(H,21,22). The third-order valence-corrected chi connectivity index (χ3v) is 4.33. The highest BCUT2D eigenvalue weighted by atomic mass is 35.5. The van der Waals surface area contributed by atoms with Crippen LogP contribution in [0.15, 0.2) is 42.5 Å². The molecule has 0 aromatic heterocycles. The molecule has 1 unspecified atom stereocenters.